The van der Waals surface area contributed by atoms with Crippen LogP contribution in [0.5, 0.6) is 0 Å². The van der Waals surface area contributed by atoms with Gasteiger partial charge in [-0.3, -0.25) is 0 Å². The van der Waals surface area contributed by atoms with Gasteiger partial charge < -0.3 is 5.73 Å². The van der Waals surface area contributed by atoms with Gasteiger partial charge in [-0.05, 0) is 30.7 Å². The minimum Gasteiger partial charge on any atom is -0.398 e. The molecule has 0 atom stereocenters. The van der Waals surface area contributed by atoms with Gasteiger partial charge in [-0.2, -0.15) is 5.26 Å². The van der Waals surface area contributed by atoms with Crippen LogP contribution in [0.3, 0.4) is 0 Å². The maximum atomic E-state index is 8.35. The Labute approximate surface area is 89.1 Å². The highest BCUT2D eigenvalue weighted by Gasteiger charge is 1.97. The Kier molecular flexibility index (Phi) is 4.95. The van der Waals surface area contributed by atoms with Gasteiger partial charge in [0.15, 0.2) is 0 Å². The highest BCUT2D eigenvalue weighted by atomic mass is 32.2. The van der Waals surface area contributed by atoms with E-state index >= 15 is 0 Å². The summed E-state index contributed by atoms with van der Waals surface area (Å²) >= 11 is 1.76. The number of rotatable bonds is 5. The molecule has 74 valence electrons. The molecule has 1 aromatic carbocycles. The van der Waals surface area contributed by atoms with E-state index in [-0.39, 0.29) is 0 Å². The number of anilines is 1. The van der Waals surface area contributed by atoms with Gasteiger partial charge >= 0.3 is 0 Å². The van der Waals surface area contributed by atoms with E-state index in [0.29, 0.717) is 6.42 Å². The van der Waals surface area contributed by atoms with Gasteiger partial charge in [0.05, 0.1) is 6.07 Å². The lowest BCUT2D eigenvalue weighted by molar-refractivity contribution is 0.830. The number of nitrogen functional groups attached to an aromatic ring is 1. The molecule has 0 radical (unpaired) electrons. The SMILES string of the molecule is N#CCCCCSc1ccccc1N. The second-order valence-electron chi connectivity index (χ2n) is 3.00. The van der Waals surface area contributed by atoms with Gasteiger partial charge in [0.2, 0.25) is 0 Å². The van der Waals surface area contributed by atoms with Crippen molar-refractivity contribution in [2.24, 2.45) is 0 Å². The molecule has 0 aromatic heterocycles. The molecule has 0 aliphatic heterocycles. The standard InChI is InChI=1S/C11H14N2S/c12-8-4-1-5-9-14-11-7-3-2-6-10(11)13/h2-3,6-7H,1,4-5,9,13H2. The Hall–Kier alpha value is -1.14. The van der Waals surface area contributed by atoms with E-state index in [1.807, 2.05) is 24.3 Å². The summed E-state index contributed by atoms with van der Waals surface area (Å²) in [6.45, 7) is 0. The third-order valence-corrected chi connectivity index (χ3v) is 3.04. The van der Waals surface area contributed by atoms with Gasteiger partial charge in [-0.1, -0.05) is 12.1 Å². The molecule has 0 saturated heterocycles. The average molecular weight is 206 g/mol. The smallest absolute Gasteiger partial charge is 0.0621 e. The van der Waals surface area contributed by atoms with Crippen molar-refractivity contribution in [3.63, 3.8) is 0 Å². The van der Waals surface area contributed by atoms with E-state index in [2.05, 4.69) is 6.07 Å². The number of hydrogen-bond donors (Lipinski definition) is 1. The lowest BCUT2D eigenvalue weighted by atomic mass is 10.3. The predicted octanol–water partition coefficient (Wildman–Crippen LogP) is 3.05. The van der Waals surface area contributed by atoms with E-state index in [1.54, 1.807) is 11.8 Å². The van der Waals surface area contributed by atoms with E-state index in [0.717, 1.165) is 29.2 Å². The fourth-order valence-electron chi connectivity index (χ4n) is 1.10. The van der Waals surface area contributed by atoms with E-state index < -0.39 is 0 Å². The molecule has 3 heteroatoms. The van der Waals surface area contributed by atoms with Crippen LogP contribution in [0.1, 0.15) is 19.3 Å². The van der Waals surface area contributed by atoms with E-state index in [9.17, 15) is 0 Å². The van der Waals surface area contributed by atoms with Crippen molar-refractivity contribution in [2.45, 2.75) is 24.2 Å². The molecule has 0 fully saturated rings. The van der Waals surface area contributed by atoms with Crippen molar-refractivity contribution in [1.82, 2.24) is 0 Å². The van der Waals surface area contributed by atoms with E-state index in [1.165, 1.54) is 0 Å². The minimum atomic E-state index is 0.658. The van der Waals surface area contributed by atoms with Crippen LogP contribution in [0.4, 0.5) is 5.69 Å². The fraction of sp³-hybridized carbons (Fsp3) is 0.364. The van der Waals surface area contributed by atoms with Gasteiger partial charge in [-0.25, -0.2) is 0 Å². The quantitative estimate of drug-likeness (QED) is 0.457. The maximum absolute atomic E-state index is 8.35. The Bertz CT molecular complexity index is 317. The van der Waals surface area contributed by atoms with Crippen LogP contribution in [-0.4, -0.2) is 5.75 Å². The van der Waals surface area contributed by atoms with Crippen LogP contribution >= 0.6 is 11.8 Å². The molecule has 1 rings (SSSR count). The van der Waals surface area contributed by atoms with Crippen molar-refractivity contribution < 1.29 is 0 Å². The van der Waals surface area contributed by atoms with Crippen LogP contribution in [-0.2, 0) is 0 Å². The Morgan fingerprint density at radius 1 is 1.29 bits per heavy atom. The zero-order valence-corrected chi connectivity index (χ0v) is 8.89. The number of thioether (sulfide) groups is 1. The molecule has 0 heterocycles. The van der Waals surface area contributed by atoms with Crippen molar-refractivity contribution in [3.05, 3.63) is 24.3 Å². The number of nitrogens with zero attached hydrogens (tertiary/aromatic N) is 1. The first-order valence-electron chi connectivity index (χ1n) is 4.69. The minimum absolute atomic E-state index is 0.658. The molecule has 0 saturated carbocycles. The Morgan fingerprint density at radius 2 is 2.07 bits per heavy atom. The second-order valence-corrected chi connectivity index (χ2v) is 4.14. The molecular formula is C11H14N2S. The monoisotopic (exact) mass is 206 g/mol. The van der Waals surface area contributed by atoms with E-state index in [4.69, 9.17) is 11.0 Å². The van der Waals surface area contributed by atoms with Crippen molar-refractivity contribution in [3.8, 4) is 6.07 Å². The highest BCUT2D eigenvalue weighted by molar-refractivity contribution is 7.99. The summed E-state index contributed by atoms with van der Waals surface area (Å²) in [6, 6.07) is 10.0. The summed E-state index contributed by atoms with van der Waals surface area (Å²) < 4.78 is 0. The van der Waals surface area contributed by atoms with Crippen molar-refractivity contribution in [2.75, 3.05) is 11.5 Å². The molecule has 0 bridgehead atoms. The Balaban J connectivity index is 2.25. The van der Waals surface area contributed by atoms with Gasteiger partial charge in [-0.15, -0.1) is 11.8 Å². The number of hydrogen-bond acceptors (Lipinski definition) is 3. The number of unbranched alkanes of at least 4 members (excludes halogenated alkanes) is 2. The largest absolute Gasteiger partial charge is 0.398 e. The number of nitrogens with two attached hydrogens (primary N) is 1. The summed E-state index contributed by atoms with van der Waals surface area (Å²) in [5, 5.41) is 8.35. The fourth-order valence-corrected chi connectivity index (χ4v) is 2.08. The molecule has 0 unspecified atom stereocenters. The predicted molar refractivity (Wildman–Crippen MR) is 61.0 cm³/mol. The average Bonchev–Trinajstić information content (AvgIpc) is 2.20. The third kappa shape index (κ3) is 3.71. The summed E-state index contributed by atoms with van der Waals surface area (Å²) in [5.41, 5.74) is 6.63. The molecular weight excluding hydrogens is 192 g/mol. The molecule has 0 aliphatic carbocycles. The topological polar surface area (TPSA) is 49.8 Å². The lowest BCUT2D eigenvalue weighted by Gasteiger charge is -2.03. The van der Waals surface area contributed by atoms with Crippen LogP contribution in [0, 0.1) is 11.3 Å². The van der Waals surface area contributed by atoms with Gasteiger partial charge in [0.1, 0.15) is 0 Å². The van der Waals surface area contributed by atoms with Crippen LogP contribution in [0.2, 0.25) is 0 Å². The zero-order valence-electron chi connectivity index (χ0n) is 8.07. The molecule has 0 spiro atoms. The molecule has 2 N–H and O–H groups in total. The zero-order chi connectivity index (χ0) is 10.2. The molecule has 14 heavy (non-hydrogen) atoms. The van der Waals surface area contributed by atoms with Crippen molar-refractivity contribution >= 4 is 17.4 Å². The second kappa shape index (κ2) is 6.33. The molecule has 0 aliphatic rings. The first kappa shape index (κ1) is 10.9. The molecule has 0 amide bonds. The van der Waals surface area contributed by atoms with Crippen LogP contribution in [0.25, 0.3) is 0 Å². The molecule has 2 nitrogen and oxygen atoms in total. The maximum Gasteiger partial charge on any atom is 0.0621 e. The Morgan fingerprint density at radius 3 is 2.79 bits per heavy atom. The summed E-state index contributed by atoms with van der Waals surface area (Å²) in [4.78, 5) is 1.14. The summed E-state index contributed by atoms with van der Waals surface area (Å²) in [6.07, 6.45) is 2.72. The highest BCUT2D eigenvalue weighted by Crippen LogP contribution is 2.25. The normalized spacial score (nSPS) is 9.64. The summed E-state index contributed by atoms with van der Waals surface area (Å²) in [7, 11) is 0. The van der Waals surface area contributed by atoms with Gasteiger partial charge in [0, 0.05) is 17.0 Å². The number of benzene rings is 1. The number of nitriles is 1. The first-order valence-corrected chi connectivity index (χ1v) is 5.67. The summed E-state index contributed by atoms with van der Waals surface area (Å²) in [5.74, 6) is 1.04. The lowest BCUT2D eigenvalue weighted by Crippen LogP contribution is -1.88. The first-order chi connectivity index (χ1) is 6.84. The molecule has 1 aromatic rings. The van der Waals surface area contributed by atoms with Crippen molar-refractivity contribution in [1.29, 1.82) is 5.26 Å². The third-order valence-electron chi connectivity index (χ3n) is 1.86. The van der Waals surface area contributed by atoms with Crippen LogP contribution < -0.4 is 5.73 Å². The van der Waals surface area contributed by atoms with Crippen LogP contribution in [0.15, 0.2) is 29.2 Å². The van der Waals surface area contributed by atoms with Gasteiger partial charge in [0.25, 0.3) is 0 Å². The number of para-hydroxylation sites is 1.